The molecule has 1 N–H and O–H groups in total. The van der Waals surface area contributed by atoms with Gasteiger partial charge in [-0.3, -0.25) is 5.10 Å². The highest BCUT2D eigenvalue weighted by Crippen LogP contribution is 2.36. The first kappa shape index (κ1) is 14.6. The van der Waals surface area contributed by atoms with Crippen LogP contribution in [0.3, 0.4) is 0 Å². The summed E-state index contributed by atoms with van der Waals surface area (Å²) in [6, 6.07) is 14.7. The fourth-order valence-electron chi connectivity index (χ4n) is 2.87. The molecule has 3 heterocycles. The van der Waals surface area contributed by atoms with Gasteiger partial charge >= 0.3 is 0 Å². The number of nitrogens with one attached hydrogen (secondary N) is 1. The highest BCUT2D eigenvalue weighted by Gasteiger charge is 2.20. The SMILES string of the molecule is c1ccc(CCc2nc(-c3ccc([C@@H]4CCCO4)s3)n[nH]2)cc1. The molecule has 1 aromatic carbocycles. The molecule has 1 fully saturated rings. The number of hydrogen-bond donors (Lipinski definition) is 1. The smallest absolute Gasteiger partial charge is 0.191 e. The minimum atomic E-state index is 0.269. The van der Waals surface area contributed by atoms with Crippen LogP contribution in [-0.4, -0.2) is 21.8 Å². The maximum absolute atomic E-state index is 5.74. The molecule has 1 atom stereocenters. The van der Waals surface area contributed by atoms with Gasteiger partial charge in [0.1, 0.15) is 5.82 Å². The van der Waals surface area contributed by atoms with Crippen molar-refractivity contribution in [3.8, 4) is 10.7 Å². The van der Waals surface area contributed by atoms with Gasteiger partial charge in [0.05, 0.1) is 11.0 Å². The molecule has 4 nitrogen and oxygen atoms in total. The van der Waals surface area contributed by atoms with E-state index in [1.54, 1.807) is 11.3 Å². The lowest BCUT2D eigenvalue weighted by atomic mass is 10.1. The minimum absolute atomic E-state index is 0.269. The molecule has 0 spiro atoms. The predicted octanol–water partition coefficient (Wildman–Crippen LogP) is 4.17. The Balaban J connectivity index is 1.43. The largest absolute Gasteiger partial charge is 0.373 e. The minimum Gasteiger partial charge on any atom is -0.373 e. The van der Waals surface area contributed by atoms with Crippen LogP contribution in [0.4, 0.5) is 0 Å². The maximum atomic E-state index is 5.74. The number of ether oxygens (including phenoxy) is 1. The number of H-pyrrole nitrogens is 1. The highest BCUT2D eigenvalue weighted by molar-refractivity contribution is 7.15. The Hall–Kier alpha value is -1.98. The third kappa shape index (κ3) is 3.35. The number of hydrogen-bond acceptors (Lipinski definition) is 4. The van der Waals surface area contributed by atoms with Crippen LogP contribution in [0.1, 0.15) is 35.2 Å². The fraction of sp³-hybridized carbons (Fsp3) is 0.333. The zero-order valence-electron chi connectivity index (χ0n) is 12.9. The standard InChI is InChI=1S/C18H19N3OS/c1-2-5-13(6-3-1)8-11-17-19-18(21-20-17)16-10-9-15(23-16)14-7-4-12-22-14/h1-3,5-6,9-10,14H,4,7-8,11-12H2,(H,19,20,21)/t14-/m0/s1. The molecule has 4 rings (SSSR count). The predicted molar refractivity (Wildman–Crippen MR) is 91.5 cm³/mol. The molecule has 1 aliphatic rings. The molecule has 23 heavy (non-hydrogen) atoms. The quantitative estimate of drug-likeness (QED) is 0.766. The van der Waals surface area contributed by atoms with E-state index < -0.39 is 0 Å². The monoisotopic (exact) mass is 325 g/mol. The van der Waals surface area contributed by atoms with E-state index in [4.69, 9.17) is 4.74 Å². The van der Waals surface area contributed by atoms with E-state index in [1.807, 2.05) is 6.07 Å². The molecule has 0 amide bonds. The summed E-state index contributed by atoms with van der Waals surface area (Å²) in [6.45, 7) is 0.877. The average Bonchev–Trinajstić information content (AvgIpc) is 3.33. The van der Waals surface area contributed by atoms with Crippen LogP contribution >= 0.6 is 11.3 Å². The number of aromatic nitrogens is 3. The van der Waals surface area contributed by atoms with Crippen LogP contribution in [0.25, 0.3) is 10.7 Å². The van der Waals surface area contributed by atoms with Crippen molar-refractivity contribution in [1.82, 2.24) is 15.2 Å². The molecule has 1 saturated heterocycles. The second-order valence-corrected chi connectivity index (χ2v) is 6.91. The van der Waals surface area contributed by atoms with Crippen LogP contribution < -0.4 is 0 Å². The van der Waals surface area contributed by atoms with Gasteiger partial charge in [0, 0.05) is 17.9 Å². The van der Waals surface area contributed by atoms with Gasteiger partial charge in [0.25, 0.3) is 0 Å². The number of aryl methyl sites for hydroxylation is 2. The second kappa shape index (κ2) is 6.64. The number of aromatic amines is 1. The summed E-state index contributed by atoms with van der Waals surface area (Å²) in [4.78, 5) is 7.03. The molecule has 0 aliphatic carbocycles. The van der Waals surface area contributed by atoms with E-state index in [0.717, 1.165) is 48.8 Å². The van der Waals surface area contributed by atoms with E-state index in [2.05, 4.69) is 51.6 Å². The van der Waals surface area contributed by atoms with E-state index >= 15 is 0 Å². The first-order chi connectivity index (χ1) is 11.4. The van der Waals surface area contributed by atoms with Gasteiger partial charge in [-0.25, -0.2) is 4.98 Å². The Morgan fingerprint density at radius 2 is 2.04 bits per heavy atom. The fourth-order valence-corrected chi connectivity index (χ4v) is 3.90. The van der Waals surface area contributed by atoms with Crippen molar-refractivity contribution in [3.05, 3.63) is 58.7 Å². The first-order valence-electron chi connectivity index (χ1n) is 8.05. The lowest BCUT2D eigenvalue weighted by Gasteiger charge is -2.04. The van der Waals surface area contributed by atoms with Crippen LogP contribution in [0.2, 0.25) is 0 Å². The van der Waals surface area contributed by atoms with Crippen molar-refractivity contribution in [1.29, 1.82) is 0 Å². The van der Waals surface area contributed by atoms with Crippen LogP contribution in [0.5, 0.6) is 0 Å². The van der Waals surface area contributed by atoms with E-state index in [9.17, 15) is 0 Å². The summed E-state index contributed by atoms with van der Waals surface area (Å²) in [5, 5.41) is 7.44. The summed E-state index contributed by atoms with van der Waals surface area (Å²) < 4.78 is 5.74. The Kier molecular flexibility index (Phi) is 4.22. The molecule has 5 heteroatoms. The van der Waals surface area contributed by atoms with Crippen molar-refractivity contribution < 1.29 is 4.74 Å². The topological polar surface area (TPSA) is 50.8 Å². The molecule has 1 aliphatic heterocycles. The zero-order chi connectivity index (χ0) is 15.5. The van der Waals surface area contributed by atoms with Gasteiger partial charge in [0.2, 0.25) is 0 Å². The Morgan fingerprint density at radius 1 is 1.13 bits per heavy atom. The molecule has 0 bridgehead atoms. The van der Waals surface area contributed by atoms with Crippen molar-refractivity contribution in [2.75, 3.05) is 6.61 Å². The summed E-state index contributed by atoms with van der Waals surface area (Å²) in [5.74, 6) is 1.73. The van der Waals surface area contributed by atoms with Crippen LogP contribution in [0.15, 0.2) is 42.5 Å². The normalized spacial score (nSPS) is 17.7. The van der Waals surface area contributed by atoms with Gasteiger partial charge in [-0.15, -0.1) is 11.3 Å². The molecular weight excluding hydrogens is 306 g/mol. The average molecular weight is 325 g/mol. The number of benzene rings is 1. The Bertz CT molecular complexity index is 759. The van der Waals surface area contributed by atoms with E-state index in [-0.39, 0.29) is 6.10 Å². The number of nitrogens with zero attached hydrogens (tertiary/aromatic N) is 2. The summed E-state index contributed by atoms with van der Waals surface area (Å²) in [7, 11) is 0. The molecular formula is C18H19N3OS. The summed E-state index contributed by atoms with van der Waals surface area (Å²) in [5.41, 5.74) is 1.32. The van der Waals surface area contributed by atoms with E-state index in [0.29, 0.717) is 0 Å². The summed E-state index contributed by atoms with van der Waals surface area (Å²) in [6.07, 6.45) is 4.39. The van der Waals surface area contributed by atoms with Crippen LogP contribution in [-0.2, 0) is 17.6 Å². The lowest BCUT2D eigenvalue weighted by Crippen LogP contribution is -1.93. The molecule has 0 saturated carbocycles. The van der Waals surface area contributed by atoms with Crippen LogP contribution in [0, 0.1) is 0 Å². The van der Waals surface area contributed by atoms with Gasteiger partial charge in [0.15, 0.2) is 5.82 Å². The molecule has 2 aromatic heterocycles. The molecule has 3 aromatic rings. The molecule has 0 radical (unpaired) electrons. The Labute approximate surface area is 139 Å². The summed E-state index contributed by atoms with van der Waals surface area (Å²) >= 11 is 1.74. The molecule has 118 valence electrons. The van der Waals surface area contributed by atoms with E-state index in [1.165, 1.54) is 10.4 Å². The first-order valence-corrected chi connectivity index (χ1v) is 8.87. The Morgan fingerprint density at radius 3 is 2.87 bits per heavy atom. The van der Waals surface area contributed by atoms with Gasteiger partial charge in [-0.1, -0.05) is 30.3 Å². The van der Waals surface area contributed by atoms with Gasteiger partial charge in [-0.2, -0.15) is 5.10 Å². The van der Waals surface area contributed by atoms with Crippen molar-refractivity contribution in [3.63, 3.8) is 0 Å². The van der Waals surface area contributed by atoms with Crippen molar-refractivity contribution in [2.45, 2.75) is 31.8 Å². The molecule has 0 unspecified atom stereocenters. The second-order valence-electron chi connectivity index (χ2n) is 5.79. The third-order valence-electron chi connectivity index (χ3n) is 4.12. The maximum Gasteiger partial charge on any atom is 0.191 e. The zero-order valence-corrected chi connectivity index (χ0v) is 13.7. The number of thiophene rings is 1. The lowest BCUT2D eigenvalue weighted by molar-refractivity contribution is 0.114. The third-order valence-corrected chi connectivity index (χ3v) is 5.29. The van der Waals surface area contributed by atoms with Gasteiger partial charge in [-0.05, 0) is 37.0 Å². The highest BCUT2D eigenvalue weighted by atomic mass is 32.1. The van der Waals surface area contributed by atoms with Crippen molar-refractivity contribution in [2.24, 2.45) is 0 Å². The van der Waals surface area contributed by atoms with Gasteiger partial charge < -0.3 is 4.74 Å². The van der Waals surface area contributed by atoms with Crippen molar-refractivity contribution >= 4 is 11.3 Å². The number of rotatable bonds is 5.